The molecule has 0 bridgehead atoms. The molecule has 1 atom stereocenters. The molecule has 1 N–H and O–H groups in total. The molecule has 2 heterocycles. The minimum atomic E-state index is -0.337. The molecule has 1 fully saturated rings. The van der Waals surface area contributed by atoms with E-state index in [0.717, 1.165) is 35.2 Å². The largest absolute Gasteiger partial charge is 0.376 e. The molecule has 3 aromatic carbocycles. The Hall–Kier alpha value is -3.94. The number of hydrogen-bond donors (Lipinski definition) is 1. The number of aryl methyl sites for hydroxylation is 2. The van der Waals surface area contributed by atoms with Gasteiger partial charge in [0.05, 0.1) is 11.8 Å². The summed E-state index contributed by atoms with van der Waals surface area (Å²) in [7, 11) is 0. The fourth-order valence-electron chi connectivity index (χ4n) is 4.70. The van der Waals surface area contributed by atoms with Crippen LogP contribution in [0, 0.1) is 13.8 Å². The van der Waals surface area contributed by atoms with Gasteiger partial charge in [-0.2, -0.15) is 0 Å². The van der Waals surface area contributed by atoms with Gasteiger partial charge in [-0.05, 0) is 62.6 Å². The van der Waals surface area contributed by atoms with Gasteiger partial charge >= 0.3 is 0 Å². The van der Waals surface area contributed by atoms with E-state index in [-0.39, 0.29) is 24.5 Å². The van der Waals surface area contributed by atoms with Crippen LogP contribution in [-0.4, -0.2) is 52.1 Å². The number of rotatable bonds is 8. The van der Waals surface area contributed by atoms with E-state index in [1.807, 2.05) is 79.2 Å². The van der Waals surface area contributed by atoms with Gasteiger partial charge in [0.15, 0.2) is 0 Å². The molecule has 1 saturated heterocycles. The molecule has 1 aliphatic rings. The first-order valence-electron chi connectivity index (χ1n) is 13.1. The van der Waals surface area contributed by atoms with Crippen LogP contribution in [0.2, 0.25) is 5.02 Å². The molecule has 8 heteroatoms. The maximum atomic E-state index is 13.5. The van der Waals surface area contributed by atoms with Gasteiger partial charge in [0.2, 0.25) is 11.9 Å². The molecule has 1 aromatic heterocycles. The average Bonchev–Trinajstić information content (AvgIpc) is 3.59. The lowest BCUT2D eigenvalue weighted by Gasteiger charge is -2.25. The summed E-state index contributed by atoms with van der Waals surface area (Å²) in [6.45, 7) is 4.82. The Morgan fingerprint density at radius 1 is 1.05 bits per heavy atom. The van der Waals surface area contributed by atoms with Crippen molar-refractivity contribution in [1.29, 1.82) is 0 Å². The third-order valence-electron chi connectivity index (χ3n) is 6.85. The highest BCUT2D eigenvalue weighted by molar-refractivity contribution is 6.30. The predicted octanol–water partition coefficient (Wildman–Crippen LogP) is 6.07. The lowest BCUT2D eigenvalue weighted by molar-refractivity contribution is -0.117. The number of imidazole rings is 1. The topological polar surface area (TPSA) is 76.5 Å². The van der Waals surface area contributed by atoms with Crippen LogP contribution in [-0.2, 0) is 9.53 Å². The number of halogens is 1. The maximum absolute atomic E-state index is 13.5. The van der Waals surface area contributed by atoms with Gasteiger partial charge in [0.25, 0.3) is 5.91 Å². The van der Waals surface area contributed by atoms with E-state index in [2.05, 4.69) is 5.32 Å². The Morgan fingerprint density at radius 3 is 2.49 bits per heavy atom. The molecule has 39 heavy (non-hydrogen) atoms. The predicted molar refractivity (Wildman–Crippen MR) is 153 cm³/mol. The Kier molecular flexibility index (Phi) is 8.10. The van der Waals surface area contributed by atoms with E-state index >= 15 is 0 Å². The first kappa shape index (κ1) is 26.7. The number of amides is 2. The molecule has 0 radical (unpaired) electrons. The second kappa shape index (κ2) is 11.8. The molecule has 200 valence electrons. The first-order valence-corrected chi connectivity index (χ1v) is 13.4. The molecule has 5 rings (SSSR count). The smallest absolute Gasteiger partial charge is 0.254 e. The van der Waals surface area contributed by atoms with Crippen LogP contribution in [0.4, 0.5) is 5.95 Å². The Morgan fingerprint density at radius 2 is 1.79 bits per heavy atom. The summed E-state index contributed by atoms with van der Waals surface area (Å²) in [6, 6.07) is 22.8. The number of anilines is 1. The summed E-state index contributed by atoms with van der Waals surface area (Å²) in [5.74, 6) is -0.159. The molecule has 0 saturated carbocycles. The first-order chi connectivity index (χ1) is 18.9. The third kappa shape index (κ3) is 6.38. The molecule has 1 aliphatic heterocycles. The lowest BCUT2D eigenvalue weighted by atomic mass is 10.1. The molecule has 0 spiro atoms. The van der Waals surface area contributed by atoms with Crippen molar-refractivity contribution in [1.82, 2.24) is 14.5 Å². The fraction of sp³-hybridized carbons (Fsp3) is 0.258. The van der Waals surface area contributed by atoms with Gasteiger partial charge in [-0.3, -0.25) is 19.5 Å². The minimum Gasteiger partial charge on any atom is -0.376 e. The summed E-state index contributed by atoms with van der Waals surface area (Å²) >= 11 is 6.08. The standard InChI is InChI=1S/C31H31ClN4O3/c1-21-9-15-25(16-10-21)36-19-28(23-11-13-24(32)14-12-23)33-31(36)34-29(37)20-35(18-26-7-5-17-39-26)30(38)27-8-4-3-6-22(27)2/h3-4,6,8-16,19,26H,5,7,17-18,20H2,1-2H3,(H,33,34,37)/t26-/m0/s1. The monoisotopic (exact) mass is 542 g/mol. The van der Waals surface area contributed by atoms with Crippen molar-refractivity contribution in [2.75, 3.05) is 25.0 Å². The molecule has 4 aromatic rings. The van der Waals surface area contributed by atoms with Gasteiger partial charge in [-0.1, -0.05) is 59.6 Å². The summed E-state index contributed by atoms with van der Waals surface area (Å²) in [6.07, 6.45) is 3.61. The average molecular weight is 543 g/mol. The van der Waals surface area contributed by atoms with Crippen molar-refractivity contribution < 1.29 is 14.3 Å². The van der Waals surface area contributed by atoms with Gasteiger partial charge < -0.3 is 9.64 Å². The van der Waals surface area contributed by atoms with Gasteiger partial charge in [0, 0.05) is 41.2 Å². The molecule has 0 aliphatic carbocycles. The van der Waals surface area contributed by atoms with Crippen LogP contribution < -0.4 is 5.32 Å². The number of hydrogen-bond acceptors (Lipinski definition) is 4. The Balaban J connectivity index is 1.42. The summed E-state index contributed by atoms with van der Waals surface area (Å²) < 4.78 is 7.64. The van der Waals surface area contributed by atoms with Gasteiger partial charge in [-0.15, -0.1) is 0 Å². The molecular weight excluding hydrogens is 512 g/mol. The van der Waals surface area contributed by atoms with E-state index in [9.17, 15) is 9.59 Å². The number of aromatic nitrogens is 2. The second-order valence-corrected chi connectivity index (χ2v) is 10.3. The Labute approximate surface area is 233 Å². The van der Waals surface area contributed by atoms with Crippen molar-refractivity contribution in [2.24, 2.45) is 0 Å². The molecule has 2 amide bonds. The highest BCUT2D eigenvalue weighted by Gasteiger charge is 2.26. The number of nitrogens with zero attached hydrogens (tertiary/aromatic N) is 3. The zero-order valence-corrected chi connectivity index (χ0v) is 22.8. The van der Waals surface area contributed by atoms with Crippen molar-refractivity contribution in [3.05, 3.63) is 101 Å². The summed E-state index contributed by atoms with van der Waals surface area (Å²) in [5, 5.41) is 3.59. The summed E-state index contributed by atoms with van der Waals surface area (Å²) in [4.78, 5) is 33.3. The van der Waals surface area contributed by atoms with E-state index in [0.29, 0.717) is 35.4 Å². The third-order valence-corrected chi connectivity index (χ3v) is 7.11. The van der Waals surface area contributed by atoms with Crippen molar-refractivity contribution in [3.8, 4) is 16.9 Å². The summed E-state index contributed by atoms with van der Waals surface area (Å²) in [5.41, 5.74) is 4.99. The number of nitrogens with one attached hydrogen (secondary N) is 1. The van der Waals surface area contributed by atoms with E-state index in [1.54, 1.807) is 23.1 Å². The zero-order valence-electron chi connectivity index (χ0n) is 22.1. The molecular formula is C31H31ClN4O3. The van der Waals surface area contributed by atoms with Crippen LogP contribution in [0.1, 0.15) is 34.3 Å². The van der Waals surface area contributed by atoms with E-state index < -0.39 is 0 Å². The lowest BCUT2D eigenvalue weighted by Crippen LogP contribution is -2.42. The highest BCUT2D eigenvalue weighted by Crippen LogP contribution is 2.26. The number of benzene rings is 3. The van der Waals surface area contributed by atoms with Crippen molar-refractivity contribution >= 4 is 29.4 Å². The van der Waals surface area contributed by atoms with Crippen LogP contribution >= 0.6 is 11.6 Å². The van der Waals surface area contributed by atoms with Crippen LogP contribution in [0.25, 0.3) is 16.9 Å². The second-order valence-electron chi connectivity index (χ2n) is 9.85. The molecule has 7 nitrogen and oxygen atoms in total. The minimum absolute atomic E-state index is 0.0863. The zero-order chi connectivity index (χ0) is 27.4. The van der Waals surface area contributed by atoms with E-state index in [4.69, 9.17) is 21.3 Å². The number of ether oxygens (including phenoxy) is 1. The maximum Gasteiger partial charge on any atom is 0.254 e. The van der Waals surface area contributed by atoms with Crippen LogP contribution in [0.15, 0.2) is 79.0 Å². The number of carbonyl (C=O) groups is 2. The van der Waals surface area contributed by atoms with Crippen LogP contribution in [0.5, 0.6) is 0 Å². The van der Waals surface area contributed by atoms with Crippen molar-refractivity contribution in [3.63, 3.8) is 0 Å². The number of carbonyl (C=O) groups excluding carboxylic acids is 2. The van der Waals surface area contributed by atoms with Crippen LogP contribution in [0.3, 0.4) is 0 Å². The van der Waals surface area contributed by atoms with Crippen molar-refractivity contribution in [2.45, 2.75) is 32.8 Å². The van der Waals surface area contributed by atoms with Gasteiger partial charge in [-0.25, -0.2) is 4.98 Å². The normalized spacial score (nSPS) is 14.8. The highest BCUT2D eigenvalue weighted by atomic mass is 35.5. The molecule has 0 unspecified atom stereocenters. The van der Waals surface area contributed by atoms with Gasteiger partial charge in [0.1, 0.15) is 6.54 Å². The SMILES string of the molecule is Cc1ccc(-n2cc(-c3ccc(Cl)cc3)nc2NC(=O)CN(C[C@@H]2CCCO2)C(=O)c2ccccc2C)cc1. The van der Waals surface area contributed by atoms with E-state index in [1.165, 1.54) is 0 Å². The fourth-order valence-corrected chi connectivity index (χ4v) is 4.83. The Bertz CT molecular complexity index is 1460. The quantitative estimate of drug-likeness (QED) is 0.293.